The number of rotatable bonds is 4. The predicted molar refractivity (Wildman–Crippen MR) is 86.7 cm³/mol. The molecular weight excluding hydrogens is 446 g/mol. The number of anilines is 1. The summed E-state index contributed by atoms with van der Waals surface area (Å²) in [6.07, 6.45) is 0. The lowest BCUT2D eigenvalue weighted by molar-refractivity contribution is 0.102. The fraction of sp³-hybridized carbons (Fsp3) is 0.0714. The highest BCUT2D eigenvalue weighted by molar-refractivity contribution is 14.1. The minimum atomic E-state index is -4.86. The predicted octanol–water partition coefficient (Wildman–Crippen LogP) is 3.68. The van der Waals surface area contributed by atoms with Crippen LogP contribution in [0.2, 0.25) is 0 Å². The number of nitrogens with one attached hydrogen (secondary N) is 1. The van der Waals surface area contributed by atoms with E-state index in [1.807, 2.05) is 0 Å². The Morgan fingerprint density at radius 3 is 2.39 bits per heavy atom. The van der Waals surface area contributed by atoms with Crippen molar-refractivity contribution in [1.29, 1.82) is 0 Å². The van der Waals surface area contributed by atoms with Crippen LogP contribution in [0.1, 0.15) is 10.4 Å². The van der Waals surface area contributed by atoms with Crippen molar-refractivity contribution in [3.05, 3.63) is 57.4 Å². The first-order valence-corrected chi connectivity index (χ1v) is 8.73. The number of amides is 1. The average Bonchev–Trinajstić information content (AvgIpc) is 2.47. The van der Waals surface area contributed by atoms with E-state index in [1.165, 1.54) is 24.3 Å². The molecule has 0 aliphatic heterocycles. The van der Waals surface area contributed by atoms with E-state index in [0.29, 0.717) is 3.57 Å². The van der Waals surface area contributed by atoms with Crippen molar-refractivity contribution in [1.82, 2.24) is 0 Å². The van der Waals surface area contributed by atoms with Crippen molar-refractivity contribution in [2.24, 2.45) is 0 Å². The van der Waals surface area contributed by atoms with Crippen LogP contribution in [0.5, 0.6) is 0 Å². The van der Waals surface area contributed by atoms with Gasteiger partial charge in [-0.15, -0.1) is 0 Å². The summed E-state index contributed by atoms with van der Waals surface area (Å²) in [6, 6.07) is 8.26. The highest BCUT2D eigenvalue weighted by Gasteiger charge is 2.29. The molecule has 0 saturated heterocycles. The number of halogens is 4. The number of hydrogen-bond acceptors (Lipinski definition) is 3. The van der Waals surface area contributed by atoms with Gasteiger partial charge in [0.2, 0.25) is 9.84 Å². The van der Waals surface area contributed by atoms with Crippen molar-refractivity contribution in [3.63, 3.8) is 0 Å². The second-order valence-electron chi connectivity index (χ2n) is 4.38. The summed E-state index contributed by atoms with van der Waals surface area (Å²) in [4.78, 5) is 11.5. The lowest BCUT2D eigenvalue weighted by Crippen LogP contribution is -2.18. The SMILES string of the molecule is O=C(Nc1ccccc1S(=O)(=O)C(F)F)c1ccc(F)cc1I. The van der Waals surface area contributed by atoms with Gasteiger partial charge in [-0.3, -0.25) is 4.79 Å². The quantitative estimate of drug-likeness (QED) is 0.716. The molecule has 0 fully saturated rings. The lowest BCUT2D eigenvalue weighted by atomic mass is 10.2. The van der Waals surface area contributed by atoms with Crippen LogP contribution < -0.4 is 5.32 Å². The molecule has 4 nitrogen and oxygen atoms in total. The topological polar surface area (TPSA) is 63.2 Å². The molecule has 0 unspecified atom stereocenters. The average molecular weight is 455 g/mol. The minimum absolute atomic E-state index is 0.0937. The van der Waals surface area contributed by atoms with Crippen LogP contribution >= 0.6 is 22.6 Å². The van der Waals surface area contributed by atoms with Crippen LogP contribution in [0.25, 0.3) is 0 Å². The zero-order chi connectivity index (χ0) is 17.2. The zero-order valence-electron chi connectivity index (χ0n) is 11.3. The first-order valence-electron chi connectivity index (χ1n) is 6.11. The van der Waals surface area contributed by atoms with Crippen molar-refractivity contribution in [2.45, 2.75) is 10.7 Å². The smallest absolute Gasteiger partial charge is 0.321 e. The third-order valence-electron chi connectivity index (χ3n) is 2.85. The number of para-hydroxylation sites is 1. The first kappa shape index (κ1) is 17.7. The molecular formula is C14H9F3INO3S. The molecule has 0 aliphatic rings. The van der Waals surface area contributed by atoms with Gasteiger partial charge in [-0.25, -0.2) is 12.8 Å². The van der Waals surface area contributed by atoms with E-state index in [-0.39, 0.29) is 11.3 Å². The fourth-order valence-electron chi connectivity index (χ4n) is 1.78. The number of alkyl halides is 2. The maximum Gasteiger partial charge on any atom is 0.341 e. The van der Waals surface area contributed by atoms with E-state index in [1.54, 1.807) is 22.6 Å². The van der Waals surface area contributed by atoms with E-state index in [0.717, 1.165) is 18.2 Å². The van der Waals surface area contributed by atoms with Crippen LogP contribution in [0.4, 0.5) is 18.9 Å². The molecule has 23 heavy (non-hydrogen) atoms. The Hall–Kier alpha value is -1.62. The van der Waals surface area contributed by atoms with Crippen molar-refractivity contribution in [3.8, 4) is 0 Å². The first-order chi connectivity index (χ1) is 10.7. The van der Waals surface area contributed by atoms with Gasteiger partial charge in [0.1, 0.15) is 5.82 Å². The van der Waals surface area contributed by atoms with Crippen molar-refractivity contribution in [2.75, 3.05) is 5.32 Å². The van der Waals surface area contributed by atoms with Gasteiger partial charge in [0, 0.05) is 3.57 Å². The highest BCUT2D eigenvalue weighted by Crippen LogP contribution is 2.27. The Kier molecular flexibility index (Phi) is 5.30. The van der Waals surface area contributed by atoms with E-state index in [2.05, 4.69) is 5.32 Å². The molecule has 2 aromatic rings. The van der Waals surface area contributed by atoms with Gasteiger partial charge in [0.25, 0.3) is 5.91 Å². The standard InChI is InChI=1S/C14H9F3INO3S/c15-8-5-6-9(10(18)7-8)13(20)19-11-3-1-2-4-12(11)23(21,22)14(16)17/h1-7,14H,(H,19,20). The summed E-state index contributed by atoms with van der Waals surface area (Å²) in [5.74, 6) is -4.87. The maximum atomic E-state index is 13.0. The second kappa shape index (κ2) is 6.87. The minimum Gasteiger partial charge on any atom is -0.321 e. The lowest BCUT2D eigenvalue weighted by Gasteiger charge is -2.12. The van der Waals surface area contributed by atoms with Crippen LogP contribution in [-0.4, -0.2) is 20.1 Å². The molecule has 9 heteroatoms. The highest BCUT2D eigenvalue weighted by atomic mass is 127. The van der Waals surface area contributed by atoms with E-state index >= 15 is 0 Å². The number of sulfone groups is 1. The third-order valence-corrected chi connectivity index (χ3v) is 5.18. The molecule has 1 N–H and O–H groups in total. The van der Waals surface area contributed by atoms with Gasteiger partial charge in [-0.05, 0) is 52.9 Å². The van der Waals surface area contributed by atoms with Gasteiger partial charge >= 0.3 is 5.76 Å². The summed E-state index contributed by atoms with van der Waals surface area (Å²) in [6.45, 7) is 0. The van der Waals surface area contributed by atoms with Crippen LogP contribution in [0.15, 0.2) is 47.4 Å². The molecule has 2 aromatic carbocycles. The molecule has 0 aromatic heterocycles. The van der Waals surface area contributed by atoms with E-state index < -0.39 is 32.2 Å². The van der Waals surface area contributed by atoms with Crippen LogP contribution in [-0.2, 0) is 9.84 Å². The van der Waals surface area contributed by atoms with Gasteiger partial charge in [0.05, 0.1) is 16.1 Å². The summed E-state index contributed by atoms with van der Waals surface area (Å²) in [7, 11) is -4.86. The van der Waals surface area contributed by atoms with E-state index in [9.17, 15) is 26.4 Å². The number of benzene rings is 2. The van der Waals surface area contributed by atoms with Crippen molar-refractivity contribution >= 4 is 44.0 Å². The monoisotopic (exact) mass is 455 g/mol. The molecule has 0 spiro atoms. The van der Waals surface area contributed by atoms with Gasteiger partial charge in [-0.1, -0.05) is 12.1 Å². The molecule has 2 rings (SSSR count). The van der Waals surface area contributed by atoms with Gasteiger partial charge < -0.3 is 5.32 Å². The molecule has 0 heterocycles. The Bertz CT molecular complexity index is 856. The number of hydrogen-bond donors (Lipinski definition) is 1. The molecule has 0 radical (unpaired) electrons. The summed E-state index contributed by atoms with van der Waals surface area (Å²) in [5.41, 5.74) is -0.172. The number of carbonyl (C=O) groups excluding carboxylic acids is 1. The third kappa shape index (κ3) is 3.83. The van der Waals surface area contributed by atoms with Gasteiger partial charge in [-0.2, -0.15) is 8.78 Å². The Labute approximate surface area is 143 Å². The molecule has 0 saturated carbocycles. The maximum absolute atomic E-state index is 13.0. The molecule has 0 aliphatic carbocycles. The van der Waals surface area contributed by atoms with E-state index in [4.69, 9.17) is 0 Å². The Morgan fingerprint density at radius 2 is 1.78 bits per heavy atom. The number of carbonyl (C=O) groups is 1. The summed E-state index contributed by atoms with van der Waals surface area (Å²) >= 11 is 1.74. The summed E-state index contributed by atoms with van der Waals surface area (Å²) in [5, 5.41) is 2.27. The normalized spacial score (nSPS) is 11.5. The van der Waals surface area contributed by atoms with Gasteiger partial charge in [0.15, 0.2) is 0 Å². The fourth-order valence-corrected chi connectivity index (χ4v) is 3.39. The van der Waals surface area contributed by atoms with Crippen molar-refractivity contribution < 1.29 is 26.4 Å². The summed E-state index contributed by atoms with van der Waals surface area (Å²) < 4.78 is 62.0. The molecule has 1 amide bonds. The Balaban J connectivity index is 2.40. The second-order valence-corrected chi connectivity index (χ2v) is 7.43. The molecule has 0 atom stereocenters. The molecule has 122 valence electrons. The Morgan fingerprint density at radius 1 is 1.13 bits per heavy atom. The largest absolute Gasteiger partial charge is 0.341 e. The van der Waals surface area contributed by atoms with Crippen LogP contribution in [0, 0.1) is 9.39 Å². The molecule has 0 bridgehead atoms. The zero-order valence-corrected chi connectivity index (χ0v) is 14.2. The van der Waals surface area contributed by atoms with Crippen LogP contribution in [0.3, 0.4) is 0 Å².